The molecule has 3 aromatic rings. The number of nitrogens with zero attached hydrogens (tertiary/aromatic N) is 3. The second-order valence-electron chi connectivity index (χ2n) is 7.55. The highest BCUT2D eigenvalue weighted by Gasteiger charge is 2.29. The van der Waals surface area contributed by atoms with E-state index in [2.05, 4.69) is 15.3 Å². The number of amides is 2. The van der Waals surface area contributed by atoms with Crippen LogP contribution in [-0.4, -0.2) is 44.9 Å². The molecule has 2 amide bonds. The summed E-state index contributed by atoms with van der Waals surface area (Å²) in [6.07, 6.45) is 4.44. The molecular formula is C23H20Cl2N4O3. The molecule has 1 aliphatic heterocycles. The largest absolute Gasteiger partial charge is 0.508 e. The van der Waals surface area contributed by atoms with Crippen molar-refractivity contribution in [2.24, 2.45) is 5.92 Å². The number of hydrogen-bond acceptors (Lipinski definition) is 5. The SMILES string of the molecule is O=C(Nc1cnc(-c2cccc(O)c2)nc1)C1CCCN(C(=O)c2ccc(Cl)c(Cl)c2)C1. The van der Waals surface area contributed by atoms with Crippen molar-refractivity contribution < 1.29 is 14.7 Å². The van der Waals surface area contributed by atoms with Crippen molar-refractivity contribution in [2.45, 2.75) is 12.8 Å². The Balaban J connectivity index is 1.40. The minimum atomic E-state index is -0.346. The quantitative estimate of drug-likeness (QED) is 0.578. The number of anilines is 1. The number of aromatic hydroxyl groups is 1. The molecule has 1 saturated heterocycles. The van der Waals surface area contributed by atoms with Crippen LogP contribution in [0.1, 0.15) is 23.2 Å². The number of aromatic nitrogens is 2. The average molecular weight is 471 g/mol. The van der Waals surface area contributed by atoms with Gasteiger partial charge in [0.2, 0.25) is 5.91 Å². The molecule has 1 fully saturated rings. The Hall–Kier alpha value is -3.16. The summed E-state index contributed by atoms with van der Waals surface area (Å²) < 4.78 is 0. The van der Waals surface area contributed by atoms with Gasteiger partial charge in [-0.3, -0.25) is 9.59 Å². The lowest BCUT2D eigenvalue weighted by molar-refractivity contribution is -0.121. The molecule has 2 aromatic carbocycles. The summed E-state index contributed by atoms with van der Waals surface area (Å²) in [7, 11) is 0. The summed E-state index contributed by atoms with van der Waals surface area (Å²) in [6.45, 7) is 0.887. The lowest BCUT2D eigenvalue weighted by Crippen LogP contribution is -2.43. The molecule has 0 saturated carbocycles. The maximum atomic E-state index is 12.8. The second-order valence-corrected chi connectivity index (χ2v) is 8.37. The molecule has 32 heavy (non-hydrogen) atoms. The lowest BCUT2D eigenvalue weighted by Gasteiger charge is -2.32. The monoisotopic (exact) mass is 470 g/mol. The fraction of sp³-hybridized carbons (Fsp3) is 0.217. The Bertz CT molecular complexity index is 1150. The molecule has 2 heterocycles. The van der Waals surface area contributed by atoms with E-state index in [0.717, 1.165) is 6.42 Å². The van der Waals surface area contributed by atoms with Crippen molar-refractivity contribution >= 4 is 40.7 Å². The molecule has 4 rings (SSSR count). The minimum Gasteiger partial charge on any atom is -0.508 e. The van der Waals surface area contributed by atoms with Gasteiger partial charge in [0.1, 0.15) is 5.75 Å². The van der Waals surface area contributed by atoms with Crippen molar-refractivity contribution in [2.75, 3.05) is 18.4 Å². The van der Waals surface area contributed by atoms with Gasteiger partial charge in [0, 0.05) is 24.2 Å². The maximum absolute atomic E-state index is 12.8. The van der Waals surface area contributed by atoms with Gasteiger partial charge in [-0.2, -0.15) is 0 Å². The van der Waals surface area contributed by atoms with Crippen molar-refractivity contribution in [1.29, 1.82) is 0 Å². The highest BCUT2D eigenvalue weighted by atomic mass is 35.5. The molecule has 9 heteroatoms. The van der Waals surface area contributed by atoms with Crippen LogP contribution in [0.4, 0.5) is 5.69 Å². The number of nitrogens with one attached hydrogen (secondary N) is 1. The van der Waals surface area contributed by atoms with E-state index >= 15 is 0 Å². The van der Waals surface area contributed by atoms with Gasteiger partial charge < -0.3 is 15.3 Å². The van der Waals surface area contributed by atoms with E-state index in [9.17, 15) is 14.7 Å². The van der Waals surface area contributed by atoms with Crippen LogP contribution in [0.5, 0.6) is 5.75 Å². The fourth-order valence-corrected chi connectivity index (χ4v) is 3.92. The van der Waals surface area contributed by atoms with Gasteiger partial charge in [-0.25, -0.2) is 9.97 Å². The van der Waals surface area contributed by atoms with Crippen LogP contribution >= 0.6 is 23.2 Å². The van der Waals surface area contributed by atoms with Crippen molar-refractivity contribution in [1.82, 2.24) is 14.9 Å². The molecule has 7 nitrogen and oxygen atoms in total. The van der Waals surface area contributed by atoms with Gasteiger partial charge in [-0.05, 0) is 43.2 Å². The molecule has 2 N–H and O–H groups in total. The van der Waals surface area contributed by atoms with Gasteiger partial charge in [0.15, 0.2) is 5.82 Å². The summed E-state index contributed by atoms with van der Waals surface area (Å²) in [5.41, 5.74) is 1.58. The first kappa shape index (κ1) is 22.0. The zero-order valence-corrected chi connectivity index (χ0v) is 18.5. The van der Waals surface area contributed by atoms with Crippen LogP contribution in [0.15, 0.2) is 54.9 Å². The summed E-state index contributed by atoms with van der Waals surface area (Å²) in [5.74, 6) is -0.151. The standard InChI is InChI=1S/C23H20Cl2N4O3/c24-19-7-6-15(10-20(19)25)23(32)29-8-2-4-16(13-29)22(31)28-17-11-26-21(27-12-17)14-3-1-5-18(30)9-14/h1,3,5-7,9-12,16,30H,2,4,8,13H2,(H,28,31). The van der Waals surface area contributed by atoms with Gasteiger partial charge in [-0.1, -0.05) is 35.3 Å². The van der Waals surface area contributed by atoms with Gasteiger partial charge >= 0.3 is 0 Å². The maximum Gasteiger partial charge on any atom is 0.253 e. The van der Waals surface area contributed by atoms with Crippen molar-refractivity contribution in [3.05, 3.63) is 70.5 Å². The van der Waals surface area contributed by atoms with E-state index in [0.29, 0.717) is 52.2 Å². The highest BCUT2D eigenvalue weighted by Crippen LogP contribution is 2.26. The highest BCUT2D eigenvalue weighted by molar-refractivity contribution is 6.42. The Morgan fingerprint density at radius 2 is 1.84 bits per heavy atom. The Labute approximate surface area is 195 Å². The number of piperidine rings is 1. The number of carbonyl (C=O) groups is 2. The molecule has 1 aliphatic rings. The third kappa shape index (κ3) is 5.00. The van der Waals surface area contributed by atoms with Crippen LogP contribution in [-0.2, 0) is 4.79 Å². The number of hydrogen-bond donors (Lipinski definition) is 2. The molecule has 0 bridgehead atoms. The number of rotatable bonds is 4. The van der Waals surface area contributed by atoms with E-state index in [4.69, 9.17) is 23.2 Å². The zero-order chi connectivity index (χ0) is 22.7. The van der Waals surface area contributed by atoms with Crippen LogP contribution in [0.3, 0.4) is 0 Å². The molecule has 164 valence electrons. The van der Waals surface area contributed by atoms with Crippen molar-refractivity contribution in [3.63, 3.8) is 0 Å². The number of phenols is 1. The predicted octanol–water partition coefficient (Wildman–Crippen LogP) is 4.65. The first-order valence-electron chi connectivity index (χ1n) is 10.1. The predicted molar refractivity (Wildman–Crippen MR) is 123 cm³/mol. The lowest BCUT2D eigenvalue weighted by atomic mass is 9.96. The van der Waals surface area contributed by atoms with E-state index in [-0.39, 0.29) is 23.5 Å². The topological polar surface area (TPSA) is 95.4 Å². The summed E-state index contributed by atoms with van der Waals surface area (Å²) in [6, 6.07) is 11.4. The molecule has 0 radical (unpaired) electrons. The van der Waals surface area contributed by atoms with Gasteiger partial charge in [-0.15, -0.1) is 0 Å². The molecule has 0 aliphatic carbocycles. The number of carbonyl (C=O) groups excluding carboxylic acids is 2. The smallest absolute Gasteiger partial charge is 0.253 e. The first-order valence-corrected chi connectivity index (χ1v) is 10.8. The van der Waals surface area contributed by atoms with Gasteiger partial charge in [0.05, 0.1) is 34.0 Å². The van der Waals surface area contributed by atoms with Crippen LogP contribution in [0.2, 0.25) is 10.0 Å². The third-order valence-corrected chi connectivity index (χ3v) is 6.01. The summed E-state index contributed by atoms with van der Waals surface area (Å²) >= 11 is 12.0. The molecule has 0 spiro atoms. The van der Waals surface area contributed by atoms with Crippen LogP contribution < -0.4 is 5.32 Å². The summed E-state index contributed by atoms with van der Waals surface area (Å²) in [5, 5.41) is 13.1. The van der Waals surface area contributed by atoms with E-state index in [1.165, 1.54) is 12.4 Å². The first-order chi connectivity index (χ1) is 15.4. The molecule has 1 aromatic heterocycles. The van der Waals surface area contributed by atoms with Crippen LogP contribution in [0, 0.1) is 5.92 Å². The van der Waals surface area contributed by atoms with E-state index < -0.39 is 0 Å². The Morgan fingerprint density at radius 1 is 1.06 bits per heavy atom. The fourth-order valence-electron chi connectivity index (χ4n) is 3.62. The minimum absolute atomic E-state index is 0.126. The zero-order valence-electron chi connectivity index (χ0n) is 17.0. The normalized spacial score (nSPS) is 15.9. The third-order valence-electron chi connectivity index (χ3n) is 5.27. The number of benzene rings is 2. The number of halogens is 2. The van der Waals surface area contributed by atoms with Crippen LogP contribution in [0.25, 0.3) is 11.4 Å². The van der Waals surface area contributed by atoms with Crippen molar-refractivity contribution in [3.8, 4) is 17.1 Å². The molecular weight excluding hydrogens is 451 g/mol. The second kappa shape index (κ2) is 9.54. The molecule has 1 atom stereocenters. The average Bonchev–Trinajstić information content (AvgIpc) is 2.81. The number of phenolic OH excluding ortho intramolecular Hbond substituents is 1. The Morgan fingerprint density at radius 3 is 2.56 bits per heavy atom. The summed E-state index contributed by atoms with van der Waals surface area (Å²) in [4.78, 5) is 35.8. The Kier molecular flexibility index (Phi) is 6.58. The van der Waals surface area contributed by atoms with E-state index in [1.807, 2.05) is 0 Å². The number of likely N-dealkylation sites (tertiary alicyclic amines) is 1. The molecule has 1 unspecified atom stereocenters. The van der Waals surface area contributed by atoms with E-state index in [1.54, 1.807) is 47.4 Å². The van der Waals surface area contributed by atoms with Gasteiger partial charge in [0.25, 0.3) is 5.91 Å².